The highest BCUT2D eigenvalue weighted by Crippen LogP contribution is 2.22. The Balaban J connectivity index is 2.27. The van der Waals surface area contributed by atoms with Gasteiger partial charge in [-0.1, -0.05) is 29.8 Å². The Kier molecular flexibility index (Phi) is 4.51. The normalized spacial score (nSPS) is 11.6. The van der Waals surface area contributed by atoms with E-state index in [1.807, 2.05) is 0 Å². The molecule has 0 spiro atoms. The van der Waals surface area contributed by atoms with Crippen molar-refractivity contribution in [3.63, 3.8) is 0 Å². The molecule has 0 heterocycles. The van der Waals surface area contributed by atoms with Crippen LogP contribution in [0.2, 0.25) is 5.02 Å². The summed E-state index contributed by atoms with van der Waals surface area (Å²) in [4.78, 5) is -0.0477. The quantitative estimate of drug-likeness (QED) is 0.848. The fourth-order valence-electron chi connectivity index (χ4n) is 1.85. The summed E-state index contributed by atoms with van der Waals surface area (Å²) in [7, 11) is -3.80. The van der Waals surface area contributed by atoms with Crippen molar-refractivity contribution in [1.29, 1.82) is 0 Å². The van der Waals surface area contributed by atoms with E-state index in [0.717, 1.165) is 12.1 Å². The van der Waals surface area contributed by atoms with Crippen molar-refractivity contribution in [2.45, 2.75) is 18.4 Å². The average Bonchev–Trinajstić information content (AvgIpc) is 2.42. The molecule has 0 unspecified atom stereocenters. The lowest BCUT2D eigenvalue weighted by atomic mass is 10.2. The van der Waals surface area contributed by atoms with Gasteiger partial charge < -0.3 is 5.73 Å². The molecule has 21 heavy (non-hydrogen) atoms. The molecule has 7 heteroatoms. The molecule has 2 aromatic rings. The second kappa shape index (κ2) is 6.01. The Morgan fingerprint density at radius 2 is 1.95 bits per heavy atom. The summed E-state index contributed by atoms with van der Waals surface area (Å²) in [5.74, 6) is -0.641. The van der Waals surface area contributed by atoms with E-state index in [1.165, 1.54) is 6.92 Å². The Labute approximate surface area is 127 Å². The molecule has 0 aliphatic rings. The highest BCUT2D eigenvalue weighted by Gasteiger charge is 2.19. The van der Waals surface area contributed by atoms with Gasteiger partial charge in [-0.3, -0.25) is 0 Å². The summed E-state index contributed by atoms with van der Waals surface area (Å²) in [6, 6.07) is 9.11. The number of anilines is 1. The number of halogens is 2. The maximum absolute atomic E-state index is 13.3. The molecule has 112 valence electrons. The number of hydrogen-bond acceptors (Lipinski definition) is 3. The van der Waals surface area contributed by atoms with Gasteiger partial charge in [0.25, 0.3) is 0 Å². The maximum Gasteiger partial charge on any atom is 0.241 e. The number of hydrogen-bond donors (Lipinski definition) is 2. The van der Waals surface area contributed by atoms with Crippen molar-refractivity contribution in [2.24, 2.45) is 0 Å². The Morgan fingerprint density at radius 3 is 2.62 bits per heavy atom. The van der Waals surface area contributed by atoms with E-state index in [0.29, 0.717) is 10.6 Å². The van der Waals surface area contributed by atoms with Gasteiger partial charge in [0.05, 0.1) is 10.6 Å². The summed E-state index contributed by atoms with van der Waals surface area (Å²) >= 11 is 5.97. The fraction of sp³-hybridized carbons (Fsp3) is 0.143. The molecule has 0 amide bonds. The second-order valence-electron chi connectivity index (χ2n) is 4.56. The summed E-state index contributed by atoms with van der Waals surface area (Å²) in [5, 5.41) is 0.468. The number of benzene rings is 2. The Hall–Kier alpha value is -1.63. The van der Waals surface area contributed by atoms with E-state index in [9.17, 15) is 12.8 Å². The highest BCUT2D eigenvalue weighted by atomic mass is 35.5. The minimum Gasteiger partial charge on any atom is -0.396 e. The number of rotatable bonds is 4. The van der Waals surface area contributed by atoms with Crippen LogP contribution in [0.25, 0.3) is 0 Å². The number of nitrogen functional groups attached to an aromatic ring is 1. The number of aryl methyl sites for hydroxylation is 1. The first kappa shape index (κ1) is 15.8. The molecule has 0 radical (unpaired) electrons. The van der Waals surface area contributed by atoms with Crippen LogP contribution in [0.3, 0.4) is 0 Å². The van der Waals surface area contributed by atoms with Gasteiger partial charge in [0, 0.05) is 11.6 Å². The Bertz CT molecular complexity index is 779. The van der Waals surface area contributed by atoms with Crippen molar-refractivity contribution in [2.75, 3.05) is 5.73 Å². The van der Waals surface area contributed by atoms with Crippen molar-refractivity contribution >= 4 is 27.3 Å². The van der Waals surface area contributed by atoms with Gasteiger partial charge >= 0.3 is 0 Å². The first-order valence-corrected chi connectivity index (χ1v) is 7.96. The molecule has 3 N–H and O–H groups in total. The number of nitrogens with one attached hydrogen (secondary N) is 1. The molecule has 4 nitrogen and oxygen atoms in total. The van der Waals surface area contributed by atoms with Crippen LogP contribution in [0.15, 0.2) is 41.3 Å². The maximum atomic E-state index is 13.3. The lowest BCUT2D eigenvalue weighted by Crippen LogP contribution is -2.24. The summed E-state index contributed by atoms with van der Waals surface area (Å²) in [6.45, 7) is 1.55. The predicted molar refractivity (Wildman–Crippen MR) is 81.0 cm³/mol. The molecular weight excluding hydrogens is 315 g/mol. The van der Waals surface area contributed by atoms with Gasteiger partial charge in [0.1, 0.15) is 5.82 Å². The van der Waals surface area contributed by atoms with Crippen molar-refractivity contribution in [3.8, 4) is 0 Å². The van der Waals surface area contributed by atoms with Gasteiger partial charge in [0.15, 0.2) is 0 Å². The minimum atomic E-state index is -3.80. The zero-order valence-electron chi connectivity index (χ0n) is 11.2. The predicted octanol–water partition coefficient (Wildman–Crippen LogP) is 2.85. The smallest absolute Gasteiger partial charge is 0.241 e. The van der Waals surface area contributed by atoms with E-state index >= 15 is 0 Å². The molecular formula is C14H14ClFN2O2S. The molecule has 0 saturated carbocycles. The third-order valence-corrected chi connectivity index (χ3v) is 4.91. The van der Waals surface area contributed by atoms with Crippen LogP contribution >= 0.6 is 11.6 Å². The average molecular weight is 329 g/mol. The molecule has 0 aromatic heterocycles. The molecule has 0 fully saturated rings. The van der Waals surface area contributed by atoms with E-state index < -0.39 is 15.8 Å². The van der Waals surface area contributed by atoms with Crippen LogP contribution in [0.1, 0.15) is 11.1 Å². The molecule has 0 atom stereocenters. The van der Waals surface area contributed by atoms with Crippen LogP contribution in [0.4, 0.5) is 10.1 Å². The lowest BCUT2D eigenvalue weighted by molar-refractivity contribution is 0.579. The third-order valence-electron chi connectivity index (χ3n) is 2.99. The van der Waals surface area contributed by atoms with Crippen LogP contribution in [0.5, 0.6) is 0 Å². The minimum absolute atomic E-state index is 0.0404. The highest BCUT2D eigenvalue weighted by molar-refractivity contribution is 7.89. The zero-order valence-corrected chi connectivity index (χ0v) is 12.8. The Morgan fingerprint density at radius 1 is 1.29 bits per heavy atom. The monoisotopic (exact) mass is 328 g/mol. The first-order valence-electron chi connectivity index (χ1n) is 6.10. The van der Waals surface area contributed by atoms with E-state index in [-0.39, 0.29) is 22.7 Å². The molecule has 0 aliphatic heterocycles. The lowest BCUT2D eigenvalue weighted by Gasteiger charge is -2.11. The van der Waals surface area contributed by atoms with Crippen molar-refractivity contribution in [1.82, 2.24) is 4.72 Å². The third kappa shape index (κ3) is 3.53. The van der Waals surface area contributed by atoms with Gasteiger partial charge in [0.2, 0.25) is 10.0 Å². The zero-order chi connectivity index (χ0) is 15.6. The van der Waals surface area contributed by atoms with Crippen LogP contribution in [-0.2, 0) is 16.6 Å². The first-order chi connectivity index (χ1) is 9.81. The van der Waals surface area contributed by atoms with E-state index in [4.69, 9.17) is 17.3 Å². The largest absolute Gasteiger partial charge is 0.396 e. The molecule has 2 aromatic carbocycles. The topological polar surface area (TPSA) is 72.2 Å². The van der Waals surface area contributed by atoms with Crippen molar-refractivity contribution in [3.05, 3.63) is 58.4 Å². The second-order valence-corrected chi connectivity index (χ2v) is 6.70. The van der Waals surface area contributed by atoms with Gasteiger partial charge in [-0.25, -0.2) is 17.5 Å². The summed E-state index contributed by atoms with van der Waals surface area (Å²) in [5.41, 5.74) is 6.15. The molecule has 2 rings (SSSR count). The fourth-order valence-corrected chi connectivity index (χ4v) is 3.32. The number of sulfonamides is 1. The van der Waals surface area contributed by atoms with Gasteiger partial charge in [-0.2, -0.15) is 0 Å². The summed E-state index contributed by atoms with van der Waals surface area (Å²) < 4.78 is 40.3. The number of nitrogens with two attached hydrogens (primary N) is 1. The van der Waals surface area contributed by atoms with E-state index in [2.05, 4.69) is 4.72 Å². The SMILES string of the molecule is Cc1cc(F)c(N)cc1S(=O)(=O)NCc1ccccc1Cl. The molecule has 0 aliphatic carbocycles. The van der Waals surface area contributed by atoms with Crippen LogP contribution in [0, 0.1) is 12.7 Å². The van der Waals surface area contributed by atoms with Gasteiger partial charge in [-0.15, -0.1) is 0 Å². The van der Waals surface area contributed by atoms with Crippen LogP contribution in [-0.4, -0.2) is 8.42 Å². The summed E-state index contributed by atoms with van der Waals surface area (Å²) in [6.07, 6.45) is 0. The van der Waals surface area contributed by atoms with Crippen LogP contribution < -0.4 is 10.5 Å². The van der Waals surface area contributed by atoms with Crippen molar-refractivity contribution < 1.29 is 12.8 Å². The molecule has 0 bridgehead atoms. The molecule has 0 saturated heterocycles. The standard InChI is InChI=1S/C14H14ClFN2O2S/c1-9-6-12(16)13(17)7-14(9)21(19,20)18-8-10-4-2-3-5-11(10)15/h2-7,18H,8,17H2,1H3. The van der Waals surface area contributed by atoms with E-state index in [1.54, 1.807) is 24.3 Å². The van der Waals surface area contributed by atoms with Gasteiger partial charge in [-0.05, 0) is 36.2 Å².